The van der Waals surface area contributed by atoms with Gasteiger partial charge in [-0.25, -0.2) is 4.79 Å². The van der Waals surface area contributed by atoms with E-state index in [9.17, 15) is 4.79 Å². The number of rotatable bonds is 7. The van der Waals surface area contributed by atoms with Crippen molar-refractivity contribution in [3.63, 3.8) is 0 Å². The van der Waals surface area contributed by atoms with Crippen LogP contribution in [0.1, 0.15) is 38.3 Å². The van der Waals surface area contributed by atoms with Crippen LogP contribution >= 0.6 is 0 Å². The van der Waals surface area contributed by atoms with Crippen molar-refractivity contribution in [3.8, 4) is 0 Å². The molecule has 0 atom stereocenters. The highest BCUT2D eigenvalue weighted by atomic mass is 16.3. The summed E-state index contributed by atoms with van der Waals surface area (Å²) in [5.74, 6) is 0. The van der Waals surface area contributed by atoms with Gasteiger partial charge in [0, 0.05) is 18.8 Å². The molecule has 1 aromatic carbocycles. The molecule has 112 valence electrons. The first-order chi connectivity index (χ1) is 9.65. The Bertz CT molecular complexity index is 426. The number of benzene rings is 1. The van der Waals surface area contributed by atoms with Crippen LogP contribution in [-0.2, 0) is 12.8 Å². The van der Waals surface area contributed by atoms with Crippen molar-refractivity contribution in [1.29, 1.82) is 0 Å². The van der Waals surface area contributed by atoms with Gasteiger partial charge in [-0.1, -0.05) is 32.9 Å². The van der Waals surface area contributed by atoms with Crippen LogP contribution in [0.2, 0.25) is 0 Å². The fourth-order valence-corrected chi connectivity index (χ4v) is 2.17. The van der Waals surface area contributed by atoms with Gasteiger partial charge in [0.25, 0.3) is 0 Å². The Morgan fingerprint density at radius 2 is 1.95 bits per heavy atom. The molecule has 0 unspecified atom stereocenters. The summed E-state index contributed by atoms with van der Waals surface area (Å²) in [4.78, 5) is 13.9. The number of carbonyl (C=O) groups is 1. The number of hydrogen-bond acceptors (Lipinski definition) is 2. The molecule has 2 amide bonds. The van der Waals surface area contributed by atoms with E-state index in [0.717, 1.165) is 30.5 Å². The van der Waals surface area contributed by atoms with E-state index in [2.05, 4.69) is 31.3 Å². The molecule has 0 aliphatic carbocycles. The molecule has 4 nitrogen and oxygen atoms in total. The zero-order valence-corrected chi connectivity index (χ0v) is 12.8. The highest BCUT2D eigenvalue weighted by Crippen LogP contribution is 2.19. The van der Waals surface area contributed by atoms with E-state index >= 15 is 0 Å². The number of aliphatic hydroxyl groups excluding tert-OH is 1. The predicted octanol–water partition coefficient (Wildman–Crippen LogP) is 3.05. The van der Waals surface area contributed by atoms with Gasteiger partial charge in [-0.2, -0.15) is 0 Å². The molecule has 1 aromatic rings. The lowest BCUT2D eigenvalue weighted by Gasteiger charge is -2.22. The van der Waals surface area contributed by atoms with Gasteiger partial charge in [0.2, 0.25) is 0 Å². The number of aryl methyl sites for hydroxylation is 2. The zero-order chi connectivity index (χ0) is 15.0. The SMILES string of the molecule is CCCN(CCO)C(=O)Nc1cc(CC)ccc1CC. The van der Waals surface area contributed by atoms with Crippen molar-refractivity contribution in [2.45, 2.75) is 40.0 Å². The molecule has 0 saturated heterocycles. The number of amides is 2. The molecular weight excluding hydrogens is 252 g/mol. The summed E-state index contributed by atoms with van der Waals surface area (Å²) in [5, 5.41) is 12.0. The van der Waals surface area contributed by atoms with Gasteiger partial charge in [0.05, 0.1) is 6.61 Å². The summed E-state index contributed by atoms with van der Waals surface area (Å²) >= 11 is 0. The molecule has 0 radical (unpaired) electrons. The highest BCUT2D eigenvalue weighted by molar-refractivity contribution is 5.90. The van der Waals surface area contributed by atoms with Crippen LogP contribution in [0, 0.1) is 0 Å². The molecule has 20 heavy (non-hydrogen) atoms. The topological polar surface area (TPSA) is 52.6 Å². The molecule has 4 heteroatoms. The Morgan fingerprint density at radius 3 is 2.50 bits per heavy atom. The average molecular weight is 278 g/mol. The Morgan fingerprint density at radius 1 is 1.20 bits per heavy atom. The van der Waals surface area contributed by atoms with Crippen LogP contribution in [0.3, 0.4) is 0 Å². The average Bonchev–Trinajstić information content (AvgIpc) is 2.46. The minimum absolute atomic E-state index is 0.0109. The van der Waals surface area contributed by atoms with E-state index in [1.165, 1.54) is 5.56 Å². The van der Waals surface area contributed by atoms with Gasteiger partial charge in [0.1, 0.15) is 0 Å². The largest absolute Gasteiger partial charge is 0.395 e. The second-order valence-electron chi connectivity index (χ2n) is 4.84. The molecule has 0 spiro atoms. The molecule has 0 aromatic heterocycles. The number of nitrogens with one attached hydrogen (secondary N) is 1. The lowest BCUT2D eigenvalue weighted by Crippen LogP contribution is -2.37. The van der Waals surface area contributed by atoms with Gasteiger partial charge >= 0.3 is 6.03 Å². The normalized spacial score (nSPS) is 10.4. The van der Waals surface area contributed by atoms with Crippen LogP contribution in [0.5, 0.6) is 0 Å². The third kappa shape index (κ3) is 4.53. The summed E-state index contributed by atoms with van der Waals surface area (Å²) in [5.41, 5.74) is 3.23. The Balaban J connectivity index is 2.86. The number of anilines is 1. The smallest absolute Gasteiger partial charge is 0.321 e. The van der Waals surface area contributed by atoms with Gasteiger partial charge in [-0.3, -0.25) is 0 Å². The van der Waals surface area contributed by atoms with E-state index < -0.39 is 0 Å². The lowest BCUT2D eigenvalue weighted by molar-refractivity contribution is 0.188. The minimum atomic E-state index is -0.135. The molecule has 0 aliphatic heterocycles. The second kappa shape index (κ2) is 8.59. The van der Waals surface area contributed by atoms with E-state index in [0.29, 0.717) is 13.1 Å². The molecule has 2 N–H and O–H groups in total. The molecule has 0 aliphatic rings. The Kier molecular flexibility index (Phi) is 7.09. The quantitative estimate of drug-likeness (QED) is 0.805. The summed E-state index contributed by atoms with van der Waals surface area (Å²) < 4.78 is 0. The first kappa shape index (κ1) is 16.5. The fraction of sp³-hybridized carbons (Fsp3) is 0.562. The first-order valence-electron chi connectivity index (χ1n) is 7.44. The number of carbonyl (C=O) groups excluding carboxylic acids is 1. The molecule has 0 fully saturated rings. The van der Waals surface area contributed by atoms with E-state index in [1.807, 2.05) is 13.0 Å². The van der Waals surface area contributed by atoms with Crippen molar-refractivity contribution in [2.24, 2.45) is 0 Å². The Labute approximate surface area is 121 Å². The van der Waals surface area contributed by atoms with E-state index in [4.69, 9.17) is 5.11 Å². The van der Waals surface area contributed by atoms with Gasteiger partial charge in [-0.05, 0) is 36.5 Å². The first-order valence-corrected chi connectivity index (χ1v) is 7.44. The molecule has 0 bridgehead atoms. The zero-order valence-electron chi connectivity index (χ0n) is 12.8. The summed E-state index contributed by atoms with van der Waals surface area (Å²) in [7, 11) is 0. The van der Waals surface area contributed by atoms with E-state index in [-0.39, 0.29) is 12.6 Å². The minimum Gasteiger partial charge on any atom is -0.395 e. The van der Waals surface area contributed by atoms with Crippen LogP contribution in [0.4, 0.5) is 10.5 Å². The van der Waals surface area contributed by atoms with Crippen LogP contribution < -0.4 is 5.32 Å². The maximum Gasteiger partial charge on any atom is 0.321 e. The predicted molar refractivity (Wildman–Crippen MR) is 83.2 cm³/mol. The molecular formula is C16H26N2O2. The standard InChI is InChI=1S/C16H26N2O2/c1-4-9-18(10-11-19)16(20)17-15-12-13(5-2)7-8-14(15)6-3/h7-8,12,19H,4-6,9-11H2,1-3H3,(H,17,20). The number of urea groups is 1. The second-order valence-corrected chi connectivity index (χ2v) is 4.84. The van der Waals surface area contributed by atoms with Gasteiger partial charge < -0.3 is 15.3 Å². The van der Waals surface area contributed by atoms with Crippen molar-refractivity contribution >= 4 is 11.7 Å². The molecule has 0 saturated carbocycles. The van der Waals surface area contributed by atoms with Crippen LogP contribution in [-0.4, -0.2) is 35.7 Å². The molecule has 0 heterocycles. The van der Waals surface area contributed by atoms with E-state index in [1.54, 1.807) is 4.90 Å². The summed E-state index contributed by atoms with van der Waals surface area (Å²) in [6.45, 7) is 7.21. The number of aliphatic hydroxyl groups is 1. The Hall–Kier alpha value is -1.55. The maximum absolute atomic E-state index is 12.3. The van der Waals surface area contributed by atoms with Crippen LogP contribution in [0.25, 0.3) is 0 Å². The summed E-state index contributed by atoms with van der Waals surface area (Å²) in [6.07, 6.45) is 2.71. The monoisotopic (exact) mass is 278 g/mol. The van der Waals surface area contributed by atoms with Crippen molar-refractivity contribution in [3.05, 3.63) is 29.3 Å². The van der Waals surface area contributed by atoms with Gasteiger partial charge in [0.15, 0.2) is 0 Å². The van der Waals surface area contributed by atoms with Crippen molar-refractivity contribution < 1.29 is 9.90 Å². The van der Waals surface area contributed by atoms with Crippen molar-refractivity contribution in [2.75, 3.05) is 25.0 Å². The number of hydrogen-bond donors (Lipinski definition) is 2. The highest BCUT2D eigenvalue weighted by Gasteiger charge is 2.13. The lowest BCUT2D eigenvalue weighted by atomic mass is 10.1. The number of nitrogens with zero attached hydrogens (tertiary/aromatic N) is 1. The van der Waals surface area contributed by atoms with Gasteiger partial charge in [-0.15, -0.1) is 0 Å². The molecule has 1 rings (SSSR count). The van der Waals surface area contributed by atoms with Crippen LogP contribution in [0.15, 0.2) is 18.2 Å². The fourth-order valence-electron chi connectivity index (χ4n) is 2.17. The third-order valence-electron chi connectivity index (χ3n) is 3.36. The third-order valence-corrected chi connectivity index (χ3v) is 3.36. The van der Waals surface area contributed by atoms with Crippen molar-refractivity contribution in [1.82, 2.24) is 4.90 Å². The maximum atomic E-state index is 12.3. The summed E-state index contributed by atoms with van der Waals surface area (Å²) in [6, 6.07) is 6.08.